The predicted molar refractivity (Wildman–Crippen MR) is 55.0 cm³/mol. The average Bonchev–Trinajstić information content (AvgIpc) is 2.01. The van der Waals surface area contributed by atoms with E-state index in [1.54, 1.807) is 0 Å². The minimum atomic E-state index is -4.02. The first kappa shape index (κ1) is 14.6. The summed E-state index contributed by atoms with van der Waals surface area (Å²) in [5.74, 6) is 0. The zero-order valence-corrected chi connectivity index (χ0v) is 10.9. The van der Waals surface area contributed by atoms with Gasteiger partial charge in [-0.3, -0.25) is 0 Å². The Bertz CT molecular complexity index is 149. The first-order valence-electron chi connectivity index (χ1n) is 4.79. The molecule has 0 fully saturated rings. The van der Waals surface area contributed by atoms with Crippen molar-refractivity contribution in [1.82, 2.24) is 0 Å². The van der Waals surface area contributed by atoms with Crippen molar-refractivity contribution in [3.8, 4) is 0 Å². The Hall–Kier alpha value is 0.599. The second-order valence-corrected chi connectivity index (χ2v) is 6.49. The van der Waals surface area contributed by atoms with Gasteiger partial charge in [-0.1, -0.05) is 0 Å². The molecule has 14 heavy (non-hydrogen) atoms. The average molecular weight is 296 g/mol. The van der Waals surface area contributed by atoms with Gasteiger partial charge in [-0.2, -0.15) is 0 Å². The molecule has 0 aliphatic rings. The van der Waals surface area contributed by atoms with Gasteiger partial charge in [0.25, 0.3) is 0 Å². The summed E-state index contributed by atoms with van der Waals surface area (Å²) in [6.07, 6.45) is 2.90. The number of rotatable bonds is 6. The van der Waals surface area contributed by atoms with Crippen LogP contribution in [0.25, 0.3) is 0 Å². The number of hydrogen-bond donors (Lipinski definition) is 0. The van der Waals surface area contributed by atoms with Gasteiger partial charge in [-0.25, -0.2) is 0 Å². The molecule has 0 N–H and O–H groups in total. The number of alkyl halides is 4. The molecule has 0 aromatic carbocycles. The molecule has 0 nitrogen and oxygen atoms in total. The molecule has 0 rings (SSSR count). The van der Waals surface area contributed by atoms with Gasteiger partial charge in [0.2, 0.25) is 0 Å². The van der Waals surface area contributed by atoms with Crippen LogP contribution < -0.4 is 0 Å². The third-order valence-corrected chi connectivity index (χ3v) is 5.07. The number of halogens is 4. The van der Waals surface area contributed by atoms with Crippen LogP contribution in [0.2, 0.25) is 4.82 Å². The molecule has 0 radical (unpaired) electrons. The second kappa shape index (κ2) is 6.97. The summed E-state index contributed by atoms with van der Waals surface area (Å²) < 4.78 is 36.6. The molecule has 0 saturated carbocycles. The van der Waals surface area contributed by atoms with Crippen LogP contribution >= 0.6 is 11.6 Å². The summed E-state index contributed by atoms with van der Waals surface area (Å²) >= 11 is 4.62. The van der Waals surface area contributed by atoms with Gasteiger partial charge in [-0.05, 0) is 0 Å². The third-order valence-electron chi connectivity index (χ3n) is 1.83. The Morgan fingerprint density at radius 3 is 2.00 bits per heavy atom. The van der Waals surface area contributed by atoms with Crippen LogP contribution in [-0.2, 0) is 0 Å². The molecule has 5 heteroatoms. The molecule has 0 heterocycles. The summed E-state index contributed by atoms with van der Waals surface area (Å²) in [6.45, 7) is 3.84. The van der Waals surface area contributed by atoms with E-state index in [-0.39, 0.29) is 10.2 Å². The van der Waals surface area contributed by atoms with Crippen LogP contribution in [0.15, 0.2) is 0 Å². The van der Waals surface area contributed by atoms with Crippen molar-refractivity contribution in [3.63, 3.8) is 0 Å². The van der Waals surface area contributed by atoms with Crippen LogP contribution in [0.3, 0.4) is 0 Å². The van der Waals surface area contributed by atoms with E-state index in [0.717, 1.165) is 12.8 Å². The molecule has 0 aliphatic carbocycles. The maximum absolute atomic E-state index is 12.2. The molecule has 2 atom stereocenters. The summed E-state index contributed by atoms with van der Waals surface area (Å²) in [6, 6.07) is 0. The third kappa shape index (κ3) is 6.97. The minimum absolute atomic E-state index is 0.304. The Kier molecular flexibility index (Phi) is 7.27. The molecule has 0 spiro atoms. The van der Waals surface area contributed by atoms with Gasteiger partial charge in [-0.15, -0.1) is 0 Å². The van der Waals surface area contributed by atoms with Gasteiger partial charge in [0.1, 0.15) is 0 Å². The standard InChI is InChI=1S/C9H16ClF3Se/c1-3-5-7(10)8(6-4-2)14-9(11,12)13/h7-8H,3-6H2,1-2H3/t7-,8+/m0/s1. The van der Waals surface area contributed by atoms with Gasteiger partial charge in [0.15, 0.2) is 0 Å². The van der Waals surface area contributed by atoms with Crippen molar-refractivity contribution in [1.29, 1.82) is 0 Å². The number of hydrogen-bond acceptors (Lipinski definition) is 0. The zero-order valence-electron chi connectivity index (χ0n) is 8.40. The molecular weight excluding hydrogens is 280 g/mol. The van der Waals surface area contributed by atoms with E-state index in [1.807, 2.05) is 13.8 Å². The van der Waals surface area contributed by atoms with Crippen molar-refractivity contribution >= 4 is 26.6 Å². The van der Waals surface area contributed by atoms with E-state index in [9.17, 15) is 13.2 Å². The molecule has 0 bridgehead atoms. The van der Waals surface area contributed by atoms with Gasteiger partial charge in [0, 0.05) is 0 Å². The van der Waals surface area contributed by atoms with Crippen LogP contribution in [0, 0.1) is 0 Å². The van der Waals surface area contributed by atoms with Crippen molar-refractivity contribution in [3.05, 3.63) is 0 Å². The van der Waals surface area contributed by atoms with Gasteiger partial charge in [0.05, 0.1) is 0 Å². The Morgan fingerprint density at radius 2 is 1.64 bits per heavy atom. The Morgan fingerprint density at radius 1 is 1.14 bits per heavy atom. The van der Waals surface area contributed by atoms with Gasteiger partial charge >= 0.3 is 94.5 Å². The topological polar surface area (TPSA) is 0 Å². The molecule has 86 valence electrons. The fourth-order valence-electron chi connectivity index (χ4n) is 1.23. The van der Waals surface area contributed by atoms with Crippen molar-refractivity contribution < 1.29 is 13.2 Å². The summed E-state index contributed by atoms with van der Waals surface area (Å²) in [4.78, 5) is -0.353. The first-order valence-corrected chi connectivity index (χ1v) is 7.07. The van der Waals surface area contributed by atoms with Crippen molar-refractivity contribution in [2.24, 2.45) is 0 Å². The first-order chi connectivity index (χ1) is 6.40. The second-order valence-electron chi connectivity index (χ2n) is 3.20. The zero-order chi connectivity index (χ0) is 11.2. The molecule has 0 aromatic rings. The predicted octanol–water partition coefficient (Wildman–Crippen LogP) is 4.21. The van der Waals surface area contributed by atoms with E-state index >= 15 is 0 Å². The van der Waals surface area contributed by atoms with Crippen molar-refractivity contribution in [2.75, 3.05) is 0 Å². The summed E-state index contributed by atoms with van der Waals surface area (Å²) in [5, 5.41) is -4.32. The van der Waals surface area contributed by atoms with E-state index in [4.69, 9.17) is 11.6 Å². The van der Waals surface area contributed by atoms with Crippen molar-refractivity contribution in [2.45, 2.75) is 54.8 Å². The normalized spacial score (nSPS) is 16.7. The molecule has 0 aromatic heterocycles. The molecule has 0 saturated heterocycles. The monoisotopic (exact) mass is 296 g/mol. The molecule has 0 unspecified atom stereocenters. The van der Waals surface area contributed by atoms with Crippen LogP contribution in [0.1, 0.15) is 39.5 Å². The fourth-order valence-corrected chi connectivity index (χ4v) is 3.90. The van der Waals surface area contributed by atoms with E-state index in [1.165, 1.54) is 0 Å². The Balaban J connectivity index is 4.13. The van der Waals surface area contributed by atoms with E-state index < -0.39 is 20.0 Å². The quantitative estimate of drug-likeness (QED) is 0.509. The maximum atomic E-state index is 12.2. The molecule has 0 amide bonds. The summed E-state index contributed by atoms with van der Waals surface area (Å²) in [5.41, 5.74) is 0. The van der Waals surface area contributed by atoms with Crippen LogP contribution in [0.4, 0.5) is 13.2 Å². The van der Waals surface area contributed by atoms with E-state index in [0.29, 0.717) is 12.8 Å². The molecule has 0 aliphatic heterocycles. The fraction of sp³-hybridized carbons (Fsp3) is 1.00. The Labute approximate surface area is 94.7 Å². The molecular formula is C9H16ClF3Se. The summed E-state index contributed by atoms with van der Waals surface area (Å²) in [7, 11) is 0. The van der Waals surface area contributed by atoms with Crippen LogP contribution in [-0.4, -0.2) is 25.4 Å². The van der Waals surface area contributed by atoms with Gasteiger partial charge < -0.3 is 0 Å². The SMILES string of the molecule is CCC[C@H](Cl)[C@@H](CCC)[Se]C(F)(F)F. The van der Waals surface area contributed by atoms with Crippen LogP contribution in [0.5, 0.6) is 0 Å². The van der Waals surface area contributed by atoms with E-state index in [2.05, 4.69) is 0 Å².